The van der Waals surface area contributed by atoms with E-state index in [1.165, 1.54) is 29.1 Å². The third kappa shape index (κ3) is 4.64. The zero-order valence-corrected chi connectivity index (χ0v) is 17.7. The number of amides is 2. The van der Waals surface area contributed by atoms with Gasteiger partial charge in [-0.2, -0.15) is 15.4 Å². The summed E-state index contributed by atoms with van der Waals surface area (Å²) < 4.78 is 14.8. The molecule has 0 bridgehead atoms. The number of benzene rings is 1. The molecule has 2 amide bonds. The largest absolute Gasteiger partial charge is 0.346 e. The van der Waals surface area contributed by atoms with E-state index in [0.717, 1.165) is 6.07 Å². The molecule has 0 aliphatic carbocycles. The van der Waals surface area contributed by atoms with E-state index in [1.807, 2.05) is 6.92 Å². The van der Waals surface area contributed by atoms with E-state index in [2.05, 4.69) is 26.0 Å². The normalized spacial score (nSPS) is 11.8. The van der Waals surface area contributed by atoms with Crippen LogP contribution in [0.4, 0.5) is 10.1 Å². The maximum atomic E-state index is 13.3. The lowest BCUT2D eigenvalue weighted by Crippen LogP contribution is -2.34. The van der Waals surface area contributed by atoms with Crippen LogP contribution in [-0.2, 0) is 11.8 Å². The average Bonchev–Trinajstić information content (AvgIpc) is 3.36. The van der Waals surface area contributed by atoms with Gasteiger partial charge in [-0.05, 0) is 37.1 Å². The van der Waals surface area contributed by atoms with Crippen molar-refractivity contribution in [3.63, 3.8) is 0 Å². The lowest BCUT2D eigenvalue weighted by molar-refractivity contribution is -0.117. The number of carbonyl (C=O) groups excluding carboxylic acids is 3. The lowest BCUT2D eigenvalue weighted by atomic mass is 10.1. The highest BCUT2D eigenvalue weighted by molar-refractivity contribution is 6.43. The van der Waals surface area contributed by atoms with Crippen molar-refractivity contribution >= 4 is 34.9 Å². The van der Waals surface area contributed by atoms with Crippen molar-refractivity contribution < 1.29 is 18.8 Å². The first-order valence-corrected chi connectivity index (χ1v) is 9.73. The molecule has 0 saturated carbocycles. The Bertz CT molecular complexity index is 1140. The van der Waals surface area contributed by atoms with Crippen molar-refractivity contribution in [1.29, 1.82) is 0 Å². The highest BCUT2D eigenvalue weighted by Gasteiger charge is 2.27. The second-order valence-corrected chi connectivity index (χ2v) is 7.28. The third-order valence-corrected chi connectivity index (χ3v) is 5.07. The number of carbonyl (C=O) groups is 3. The first kappa shape index (κ1) is 22.2. The molecule has 31 heavy (non-hydrogen) atoms. The predicted molar refractivity (Wildman–Crippen MR) is 111 cm³/mol. The molecule has 0 aliphatic heterocycles. The van der Waals surface area contributed by atoms with Gasteiger partial charge in [0.2, 0.25) is 0 Å². The van der Waals surface area contributed by atoms with E-state index in [1.54, 1.807) is 14.0 Å². The van der Waals surface area contributed by atoms with Crippen molar-refractivity contribution in [2.75, 3.05) is 5.32 Å². The standard InChI is InChI=1S/C20H20ClFN6O3/c1-4-15(16-8-23-27-26-16)25-20(31)18(29)12-9-28(3)17(10(12)2)19(30)24-11-5-6-14(22)13(21)7-11/h5-9,15H,4H2,1-3H3,(H,24,30)(H,25,31)(H,23,26,27)/t15-/m1/s1. The van der Waals surface area contributed by atoms with E-state index in [0.29, 0.717) is 23.4 Å². The van der Waals surface area contributed by atoms with Gasteiger partial charge in [0.1, 0.15) is 17.2 Å². The Morgan fingerprint density at radius 1 is 1.32 bits per heavy atom. The van der Waals surface area contributed by atoms with Gasteiger partial charge in [-0.25, -0.2) is 4.39 Å². The number of hydrogen-bond acceptors (Lipinski definition) is 5. The Morgan fingerprint density at radius 3 is 2.68 bits per heavy atom. The zero-order chi connectivity index (χ0) is 22.7. The van der Waals surface area contributed by atoms with Crippen LogP contribution in [0.15, 0.2) is 30.6 Å². The van der Waals surface area contributed by atoms with Crippen LogP contribution in [0.3, 0.4) is 0 Å². The minimum Gasteiger partial charge on any atom is -0.346 e. The number of Topliss-reactive ketones (excluding diaryl/α,β-unsaturated/α-hetero) is 1. The van der Waals surface area contributed by atoms with Crippen molar-refractivity contribution in [3.05, 3.63) is 63.9 Å². The van der Waals surface area contributed by atoms with Crippen molar-refractivity contribution in [3.8, 4) is 0 Å². The van der Waals surface area contributed by atoms with Gasteiger partial charge < -0.3 is 15.2 Å². The second-order valence-electron chi connectivity index (χ2n) is 6.87. The van der Waals surface area contributed by atoms with Gasteiger partial charge >= 0.3 is 0 Å². The maximum absolute atomic E-state index is 13.3. The highest BCUT2D eigenvalue weighted by Crippen LogP contribution is 2.22. The summed E-state index contributed by atoms with van der Waals surface area (Å²) in [5.74, 6) is -2.74. The molecule has 11 heteroatoms. The topological polar surface area (TPSA) is 122 Å². The Morgan fingerprint density at radius 2 is 2.06 bits per heavy atom. The van der Waals surface area contributed by atoms with Crippen molar-refractivity contribution in [1.82, 2.24) is 25.3 Å². The monoisotopic (exact) mass is 446 g/mol. The summed E-state index contributed by atoms with van der Waals surface area (Å²) in [4.78, 5) is 38.0. The van der Waals surface area contributed by atoms with Gasteiger partial charge in [-0.3, -0.25) is 14.4 Å². The number of nitrogens with one attached hydrogen (secondary N) is 3. The number of nitrogens with zero attached hydrogens (tertiary/aromatic N) is 3. The van der Waals surface area contributed by atoms with Crippen LogP contribution in [-0.4, -0.2) is 37.6 Å². The van der Waals surface area contributed by atoms with E-state index >= 15 is 0 Å². The van der Waals surface area contributed by atoms with Crippen LogP contribution in [0.25, 0.3) is 0 Å². The van der Waals surface area contributed by atoms with Gasteiger partial charge in [0, 0.05) is 24.5 Å². The predicted octanol–water partition coefficient (Wildman–Crippen LogP) is 2.95. The van der Waals surface area contributed by atoms with Gasteiger partial charge in [-0.15, -0.1) is 0 Å². The molecule has 0 fully saturated rings. The van der Waals surface area contributed by atoms with Crippen molar-refractivity contribution in [2.24, 2.45) is 7.05 Å². The molecule has 3 rings (SSSR count). The molecular weight excluding hydrogens is 427 g/mol. The minimum atomic E-state index is -0.819. The molecule has 2 aromatic heterocycles. The van der Waals surface area contributed by atoms with Gasteiger partial charge in [-0.1, -0.05) is 18.5 Å². The first-order valence-electron chi connectivity index (χ1n) is 9.36. The number of aryl methyl sites for hydroxylation is 1. The van der Waals surface area contributed by atoms with Crippen LogP contribution in [0, 0.1) is 12.7 Å². The van der Waals surface area contributed by atoms with Gasteiger partial charge in [0.25, 0.3) is 17.6 Å². The fourth-order valence-corrected chi connectivity index (χ4v) is 3.36. The molecule has 3 N–H and O–H groups in total. The molecule has 162 valence electrons. The summed E-state index contributed by atoms with van der Waals surface area (Å²) in [6, 6.07) is 3.30. The average molecular weight is 447 g/mol. The van der Waals surface area contributed by atoms with Gasteiger partial charge in [0.15, 0.2) is 0 Å². The Kier molecular flexibility index (Phi) is 6.50. The third-order valence-electron chi connectivity index (χ3n) is 4.78. The van der Waals surface area contributed by atoms with Crippen molar-refractivity contribution in [2.45, 2.75) is 26.3 Å². The SMILES string of the molecule is CC[C@@H](NC(=O)C(=O)c1cn(C)c(C(=O)Nc2ccc(F)c(Cl)c2)c1C)c1cn[nH]n1. The summed E-state index contributed by atoms with van der Waals surface area (Å²) >= 11 is 5.75. The minimum absolute atomic E-state index is 0.0947. The quantitative estimate of drug-likeness (QED) is 0.380. The molecule has 3 aromatic rings. The van der Waals surface area contributed by atoms with Crippen LogP contribution in [0.5, 0.6) is 0 Å². The van der Waals surface area contributed by atoms with E-state index < -0.39 is 29.5 Å². The van der Waals surface area contributed by atoms with E-state index in [-0.39, 0.29) is 16.3 Å². The maximum Gasteiger partial charge on any atom is 0.292 e. The number of H-pyrrole nitrogens is 1. The summed E-state index contributed by atoms with van der Waals surface area (Å²) in [5, 5.41) is 15.2. The fourth-order valence-electron chi connectivity index (χ4n) is 3.18. The molecular formula is C20H20ClFN6O3. The summed E-state index contributed by atoms with van der Waals surface area (Å²) in [6.07, 6.45) is 3.39. The Hall–Kier alpha value is -3.53. The number of halogens is 2. The molecule has 9 nitrogen and oxygen atoms in total. The molecule has 0 aliphatic rings. The summed E-state index contributed by atoms with van der Waals surface area (Å²) in [5.41, 5.74) is 1.41. The molecule has 1 aromatic carbocycles. The van der Waals surface area contributed by atoms with E-state index in [4.69, 9.17) is 11.6 Å². The van der Waals surface area contributed by atoms with Crippen LogP contribution in [0.1, 0.15) is 51.5 Å². The van der Waals surface area contributed by atoms with Gasteiger partial charge in [0.05, 0.1) is 17.3 Å². The molecule has 0 unspecified atom stereocenters. The Labute approximate surface area is 182 Å². The number of aromatic nitrogens is 4. The number of anilines is 1. The molecule has 0 saturated heterocycles. The van der Waals surface area contributed by atoms with Crippen LogP contribution >= 0.6 is 11.6 Å². The van der Waals surface area contributed by atoms with Crippen LogP contribution in [0.2, 0.25) is 5.02 Å². The number of rotatable bonds is 7. The number of hydrogen-bond donors (Lipinski definition) is 3. The smallest absolute Gasteiger partial charge is 0.292 e. The molecule has 0 spiro atoms. The van der Waals surface area contributed by atoms with Crippen LogP contribution < -0.4 is 10.6 Å². The highest BCUT2D eigenvalue weighted by atomic mass is 35.5. The molecule has 2 heterocycles. The molecule has 1 atom stereocenters. The number of aromatic amines is 1. The molecule has 0 radical (unpaired) electrons. The summed E-state index contributed by atoms with van der Waals surface area (Å²) in [7, 11) is 1.58. The first-order chi connectivity index (χ1) is 14.7. The number of ketones is 1. The lowest BCUT2D eigenvalue weighted by Gasteiger charge is -2.13. The summed E-state index contributed by atoms with van der Waals surface area (Å²) in [6.45, 7) is 3.41. The van der Waals surface area contributed by atoms with E-state index in [9.17, 15) is 18.8 Å². The second kappa shape index (κ2) is 9.09. The Balaban J connectivity index is 1.79. The fraction of sp³-hybridized carbons (Fsp3) is 0.250. The zero-order valence-electron chi connectivity index (χ0n) is 17.0.